The van der Waals surface area contributed by atoms with Crippen molar-refractivity contribution >= 4 is 12.0 Å². The molecule has 1 aliphatic rings. The normalized spacial score (nSPS) is 15.8. The van der Waals surface area contributed by atoms with Gasteiger partial charge in [0.15, 0.2) is 0 Å². The van der Waals surface area contributed by atoms with Gasteiger partial charge < -0.3 is 4.90 Å². The summed E-state index contributed by atoms with van der Waals surface area (Å²) in [7, 11) is 0. The van der Waals surface area contributed by atoms with Crippen LogP contribution in [0.15, 0.2) is 48.7 Å². The zero-order chi connectivity index (χ0) is 12.8. The molecule has 0 fully saturated rings. The molecule has 0 aliphatic carbocycles. The van der Waals surface area contributed by atoms with Crippen molar-refractivity contribution in [1.29, 1.82) is 0 Å². The molecule has 0 bridgehead atoms. The van der Waals surface area contributed by atoms with Gasteiger partial charge >= 0.3 is 0 Å². The van der Waals surface area contributed by atoms with Gasteiger partial charge in [-0.25, -0.2) is 0 Å². The van der Waals surface area contributed by atoms with E-state index in [2.05, 4.69) is 24.8 Å². The zero-order valence-electron chi connectivity index (χ0n) is 10.6. The molecule has 2 heteroatoms. The first-order valence-electron chi connectivity index (χ1n) is 6.45. The molecule has 1 aromatic carbocycles. The lowest BCUT2D eigenvalue weighted by Crippen LogP contribution is -2.21. The Kier molecular flexibility index (Phi) is 4.35. The highest BCUT2D eigenvalue weighted by molar-refractivity contribution is 5.66. The van der Waals surface area contributed by atoms with Crippen LogP contribution in [0.3, 0.4) is 0 Å². The minimum absolute atomic E-state index is 0.753. The topological polar surface area (TPSA) is 20.3 Å². The van der Waals surface area contributed by atoms with Crippen LogP contribution in [0.2, 0.25) is 0 Å². The van der Waals surface area contributed by atoms with Gasteiger partial charge in [-0.2, -0.15) is 0 Å². The van der Waals surface area contributed by atoms with E-state index < -0.39 is 0 Å². The number of hydrogen-bond acceptors (Lipinski definition) is 1. The molecule has 0 saturated carbocycles. The van der Waals surface area contributed by atoms with Gasteiger partial charge in [-0.1, -0.05) is 43.0 Å². The first-order valence-corrected chi connectivity index (χ1v) is 6.45. The Hall–Kier alpha value is -1.83. The quantitative estimate of drug-likeness (QED) is 0.737. The maximum absolute atomic E-state index is 11.1. The van der Waals surface area contributed by atoms with Crippen LogP contribution in [0, 0.1) is 0 Å². The highest BCUT2D eigenvalue weighted by atomic mass is 16.1. The summed E-state index contributed by atoms with van der Waals surface area (Å²) in [6.07, 6.45) is 7.16. The summed E-state index contributed by atoms with van der Waals surface area (Å²) in [5, 5.41) is 0. The molecule has 1 aromatic rings. The van der Waals surface area contributed by atoms with Crippen LogP contribution in [0.25, 0.3) is 5.57 Å². The third-order valence-corrected chi connectivity index (χ3v) is 3.31. The second-order valence-electron chi connectivity index (χ2n) is 4.64. The predicted molar refractivity (Wildman–Crippen MR) is 74.8 cm³/mol. The first kappa shape index (κ1) is 12.6. The van der Waals surface area contributed by atoms with E-state index in [1.165, 1.54) is 0 Å². The average Bonchev–Trinajstić information content (AvgIpc) is 2.64. The van der Waals surface area contributed by atoms with Gasteiger partial charge in [0.1, 0.15) is 0 Å². The van der Waals surface area contributed by atoms with Crippen LogP contribution in [0.4, 0.5) is 0 Å². The zero-order valence-corrected chi connectivity index (χ0v) is 10.6. The van der Waals surface area contributed by atoms with Gasteiger partial charge in [0, 0.05) is 18.7 Å². The van der Waals surface area contributed by atoms with Crippen molar-refractivity contribution in [3.8, 4) is 0 Å². The van der Waals surface area contributed by atoms with E-state index in [4.69, 9.17) is 0 Å². The molecular formula is C16H19NO. The fraction of sp³-hybridized carbons (Fsp3) is 0.312. The number of hydrogen-bond donors (Lipinski definition) is 0. The number of carbonyl (C=O) groups excluding carboxylic acids is 1. The van der Waals surface area contributed by atoms with Gasteiger partial charge in [0.05, 0.1) is 0 Å². The Balaban J connectivity index is 2.09. The van der Waals surface area contributed by atoms with Gasteiger partial charge in [-0.05, 0) is 30.4 Å². The lowest BCUT2D eigenvalue weighted by Gasteiger charge is -2.20. The van der Waals surface area contributed by atoms with Crippen molar-refractivity contribution in [2.45, 2.75) is 25.7 Å². The molecular weight excluding hydrogens is 222 g/mol. The molecule has 18 heavy (non-hydrogen) atoms. The SMILES string of the molecule is C=C(CC1=CCCCCN1C=O)c1ccccc1. The van der Waals surface area contributed by atoms with Crippen LogP contribution in [0.1, 0.15) is 31.2 Å². The number of benzene rings is 1. The van der Waals surface area contributed by atoms with E-state index in [-0.39, 0.29) is 0 Å². The average molecular weight is 241 g/mol. The minimum Gasteiger partial charge on any atom is -0.319 e. The van der Waals surface area contributed by atoms with Crippen LogP contribution in [-0.2, 0) is 4.79 Å². The maximum atomic E-state index is 11.1. The molecule has 1 amide bonds. The number of carbonyl (C=O) groups is 1. The Morgan fingerprint density at radius 3 is 2.78 bits per heavy atom. The predicted octanol–water partition coefficient (Wildman–Crippen LogP) is 3.62. The first-order chi connectivity index (χ1) is 8.81. The van der Waals surface area contributed by atoms with Crippen molar-refractivity contribution in [3.05, 3.63) is 54.2 Å². The van der Waals surface area contributed by atoms with Crippen LogP contribution < -0.4 is 0 Å². The van der Waals surface area contributed by atoms with Crippen molar-refractivity contribution in [1.82, 2.24) is 4.90 Å². The summed E-state index contributed by atoms with van der Waals surface area (Å²) in [5.74, 6) is 0. The summed E-state index contributed by atoms with van der Waals surface area (Å²) in [6, 6.07) is 10.1. The fourth-order valence-electron chi connectivity index (χ4n) is 2.24. The molecule has 0 aromatic heterocycles. The highest BCUT2D eigenvalue weighted by Crippen LogP contribution is 2.24. The number of allylic oxidation sites excluding steroid dienone is 2. The summed E-state index contributed by atoms with van der Waals surface area (Å²) in [6.45, 7) is 4.97. The smallest absolute Gasteiger partial charge is 0.213 e. The van der Waals surface area contributed by atoms with Gasteiger partial charge in [-0.3, -0.25) is 4.79 Å². The Bertz CT molecular complexity index is 447. The Morgan fingerprint density at radius 1 is 1.28 bits per heavy atom. The van der Waals surface area contributed by atoms with Gasteiger partial charge in [0.2, 0.25) is 6.41 Å². The summed E-state index contributed by atoms with van der Waals surface area (Å²) < 4.78 is 0. The van der Waals surface area contributed by atoms with E-state index in [9.17, 15) is 4.79 Å². The number of amides is 1. The molecule has 2 nitrogen and oxygen atoms in total. The fourth-order valence-corrected chi connectivity index (χ4v) is 2.24. The standard InChI is InChI=1S/C16H19NO/c1-14(15-8-4-2-5-9-15)12-16-10-6-3-7-11-17(16)13-18/h2,4-5,8-10,13H,1,3,6-7,11-12H2. The van der Waals surface area contributed by atoms with E-state index in [0.29, 0.717) is 0 Å². The molecule has 94 valence electrons. The second-order valence-corrected chi connectivity index (χ2v) is 4.64. The van der Waals surface area contributed by atoms with E-state index >= 15 is 0 Å². The van der Waals surface area contributed by atoms with Crippen LogP contribution in [-0.4, -0.2) is 17.9 Å². The van der Waals surface area contributed by atoms with Crippen LogP contribution in [0.5, 0.6) is 0 Å². The lowest BCUT2D eigenvalue weighted by molar-refractivity contribution is -0.116. The summed E-state index contributed by atoms with van der Waals surface area (Å²) >= 11 is 0. The third-order valence-electron chi connectivity index (χ3n) is 3.31. The van der Waals surface area contributed by atoms with E-state index in [0.717, 1.165) is 55.5 Å². The molecule has 2 rings (SSSR count). The molecule has 0 saturated heterocycles. The molecule has 1 heterocycles. The molecule has 1 aliphatic heterocycles. The van der Waals surface area contributed by atoms with Crippen molar-refractivity contribution < 1.29 is 4.79 Å². The third kappa shape index (κ3) is 3.10. The van der Waals surface area contributed by atoms with E-state index in [1.807, 2.05) is 23.1 Å². The Morgan fingerprint density at radius 2 is 2.06 bits per heavy atom. The van der Waals surface area contributed by atoms with E-state index in [1.54, 1.807) is 0 Å². The monoisotopic (exact) mass is 241 g/mol. The molecule has 0 spiro atoms. The van der Waals surface area contributed by atoms with Crippen molar-refractivity contribution in [2.24, 2.45) is 0 Å². The minimum atomic E-state index is 0.753. The lowest BCUT2D eigenvalue weighted by atomic mass is 10.0. The molecule has 0 atom stereocenters. The largest absolute Gasteiger partial charge is 0.319 e. The summed E-state index contributed by atoms with van der Waals surface area (Å²) in [5.41, 5.74) is 3.31. The van der Waals surface area contributed by atoms with Crippen LogP contribution >= 0.6 is 0 Å². The van der Waals surface area contributed by atoms with Gasteiger partial charge in [0.25, 0.3) is 0 Å². The summed E-state index contributed by atoms with van der Waals surface area (Å²) in [4.78, 5) is 12.9. The van der Waals surface area contributed by atoms with Gasteiger partial charge in [-0.15, -0.1) is 0 Å². The molecule has 0 N–H and O–H groups in total. The van der Waals surface area contributed by atoms with Crippen molar-refractivity contribution in [2.75, 3.05) is 6.54 Å². The number of rotatable bonds is 4. The maximum Gasteiger partial charge on any atom is 0.213 e. The highest BCUT2D eigenvalue weighted by Gasteiger charge is 2.12. The van der Waals surface area contributed by atoms with Crippen molar-refractivity contribution in [3.63, 3.8) is 0 Å². The number of nitrogens with zero attached hydrogens (tertiary/aromatic N) is 1. The Labute approximate surface area is 109 Å². The molecule has 0 unspecified atom stereocenters. The second kappa shape index (κ2) is 6.20. The molecule has 0 radical (unpaired) electrons.